The minimum atomic E-state index is 0.0778. The Balaban J connectivity index is 1.97. The van der Waals surface area contributed by atoms with Gasteiger partial charge in [-0.15, -0.1) is 11.3 Å². The molecule has 4 nitrogen and oxygen atoms in total. The summed E-state index contributed by atoms with van der Waals surface area (Å²) in [5.41, 5.74) is 0. The van der Waals surface area contributed by atoms with Gasteiger partial charge >= 0.3 is 0 Å². The van der Waals surface area contributed by atoms with Crippen molar-refractivity contribution in [3.8, 4) is 5.88 Å². The molecule has 0 amide bonds. The van der Waals surface area contributed by atoms with Crippen LogP contribution in [0.4, 0.5) is 0 Å². The molecule has 0 aliphatic carbocycles. The molecular weight excluding hydrogens is 248 g/mol. The predicted molar refractivity (Wildman–Crippen MR) is 62.3 cm³/mol. The van der Waals surface area contributed by atoms with Crippen LogP contribution in [-0.2, 0) is 4.74 Å². The Kier molecular flexibility index (Phi) is 2.67. The molecule has 0 radical (unpaired) electrons. The van der Waals surface area contributed by atoms with Crippen molar-refractivity contribution in [2.45, 2.75) is 12.5 Å². The summed E-state index contributed by atoms with van der Waals surface area (Å²) in [6.45, 7) is 1.36. The molecule has 6 heteroatoms. The van der Waals surface area contributed by atoms with Crippen LogP contribution in [-0.4, -0.2) is 29.3 Å². The van der Waals surface area contributed by atoms with Crippen molar-refractivity contribution in [2.24, 2.45) is 0 Å². The van der Waals surface area contributed by atoms with Gasteiger partial charge in [-0.2, -0.15) is 4.98 Å². The highest BCUT2D eigenvalue weighted by molar-refractivity contribution is 7.16. The second kappa shape index (κ2) is 4.16. The predicted octanol–water partition coefficient (Wildman–Crippen LogP) is 2.51. The van der Waals surface area contributed by atoms with E-state index in [1.54, 1.807) is 0 Å². The Bertz CT molecular complexity index is 510. The summed E-state index contributed by atoms with van der Waals surface area (Å²) in [6, 6.07) is 1.95. The highest BCUT2D eigenvalue weighted by Crippen LogP contribution is 2.29. The van der Waals surface area contributed by atoms with Gasteiger partial charge in [-0.3, -0.25) is 0 Å². The Morgan fingerprint density at radius 2 is 2.44 bits per heavy atom. The maximum Gasteiger partial charge on any atom is 0.227 e. The van der Waals surface area contributed by atoms with Gasteiger partial charge in [0.25, 0.3) is 0 Å². The van der Waals surface area contributed by atoms with Gasteiger partial charge in [0.05, 0.1) is 18.6 Å². The van der Waals surface area contributed by atoms with E-state index in [1.807, 2.05) is 11.4 Å². The van der Waals surface area contributed by atoms with Crippen LogP contribution in [0.3, 0.4) is 0 Å². The van der Waals surface area contributed by atoms with Crippen LogP contribution >= 0.6 is 22.9 Å². The Morgan fingerprint density at radius 1 is 1.50 bits per heavy atom. The standard InChI is InChI=1S/C10H9ClN2O2S/c11-10-12-8(15-6-1-3-14-5-6)7-2-4-16-9(7)13-10/h2,4,6H,1,3,5H2. The van der Waals surface area contributed by atoms with E-state index >= 15 is 0 Å². The van der Waals surface area contributed by atoms with E-state index in [-0.39, 0.29) is 11.4 Å². The molecule has 0 spiro atoms. The summed E-state index contributed by atoms with van der Waals surface area (Å²) in [5, 5.41) is 3.10. The second-order valence-corrected chi connectivity index (χ2v) is 4.77. The fourth-order valence-electron chi connectivity index (χ4n) is 1.66. The van der Waals surface area contributed by atoms with E-state index in [0.29, 0.717) is 12.5 Å². The lowest BCUT2D eigenvalue weighted by Crippen LogP contribution is -2.16. The number of ether oxygens (including phenoxy) is 2. The second-order valence-electron chi connectivity index (χ2n) is 3.54. The molecule has 0 bridgehead atoms. The summed E-state index contributed by atoms with van der Waals surface area (Å²) in [4.78, 5) is 9.11. The van der Waals surface area contributed by atoms with Crippen molar-refractivity contribution in [2.75, 3.05) is 13.2 Å². The molecule has 2 aromatic rings. The number of fused-ring (bicyclic) bond motifs is 1. The highest BCUT2D eigenvalue weighted by Gasteiger charge is 2.19. The van der Waals surface area contributed by atoms with Gasteiger partial charge in [0.2, 0.25) is 11.2 Å². The fraction of sp³-hybridized carbons (Fsp3) is 0.400. The zero-order valence-corrected chi connectivity index (χ0v) is 9.92. The molecule has 1 aliphatic rings. The maximum atomic E-state index is 5.84. The summed E-state index contributed by atoms with van der Waals surface area (Å²) in [7, 11) is 0. The largest absolute Gasteiger partial charge is 0.471 e. The summed E-state index contributed by atoms with van der Waals surface area (Å²) in [5.74, 6) is 0.562. The minimum Gasteiger partial charge on any atom is -0.471 e. The lowest BCUT2D eigenvalue weighted by molar-refractivity contribution is 0.139. The van der Waals surface area contributed by atoms with Gasteiger partial charge in [-0.1, -0.05) is 0 Å². The van der Waals surface area contributed by atoms with Gasteiger partial charge in [-0.25, -0.2) is 4.98 Å². The van der Waals surface area contributed by atoms with Crippen LogP contribution in [0.2, 0.25) is 5.28 Å². The summed E-state index contributed by atoms with van der Waals surface area (Å²) >= 11 is 7.37. The van der Waals surface area contributed by atoms with Gasteiger partial charge < -0.3 is 9.47 Å². The van der Waals surface area contributed by atoms with E-state index in [2.05, 4.69) is 9.97 Å². The number of hydrogen-bond acceptors (Lipinski definition) is 5. The fourth-order valence-corrected chi connectivity index (χ4v) is 2.62. The number of halogens is 1. The van der Waals surface area contributed by atoms with E-state index < -0.39 is 0 Å². The van der Waals surface area contributed by atoms with E-state index in [4.69, 9.17) is 21.1 Å². The zero-order chi connectivity index (χ0) is 11.0. The van der Waals surface area contributed by atoms with Crippen LogP contribution in [0.1, 0.15) is 6.42 Å². The van der Waals surface area contributed by atoms with Gasteiger partial charge in [-0.05, 0) is 23.0 Å². The number of nitrogens with zero attached hydrogens (tertiary/aromatic N) is 2. The van der Waals surface area contributed by atoms with Crippen molar-refractivity contribution in [1.82, 2.24) is 9.97 Å². The monoisotopic (exact) mass is 256 g/mol. The Hall–Kier alpha value is -0.910. The number of aromatic nitrogens is 2. The smallest absolute Gasteiger partial charge is 0.227 e. The molecule has 2 aromatic heterocycles. The lowest BCUT2D eigenvalue weighted by Gasteiger charge is -2.11. The van der Waals surface area contributed by atoms with E-state index in [0.717, 1.165) is 23.2 Å². The maximum absolute atomic E-state index is 5.84. The number of thiophene rings is 1. The average Bonchev–Trinajstić information content (AvgIpc) is 2.87. The Labute approximate surface area is 101 Å². The molecule has 84 valence electrons. The molecule has 1 aliphatic heterocycles. The molecule has 0 N–H and O–H groups in total. The van der Waals surface area contributed by atoms with Crippen molar-refractivity contribution < 1.29 is 9.47 Å². The molecule has 3 heterocycles. The first kappa shape index (κ1) is 10.3. The first-order valence-corrected chi connectivity index (χ1v) is 6.24. The molecule has 1 fully saturated rings. The highest BCUT2D eigenvalue weighted by atomic mass is 35.5. The molecule has 0 saturated carbocycles. The molecule has 1 unspecified atom stereocenters. The SMILES string of the molecule is Clc1nc(OC2CCOC2)c2ccsc2n1. The van der Waals surface area contributed by atoms with Crippen LogP contribution in [0.15, 0.2) is 11.4 Å². The topological polar surface area (TPSA) is 44.2 Å². The van der Waals surface area contributed by atoms with Gasteiger partial charge in [0.1, 0.15) is 10.9 Å². The van der Waals surface area contributed by atoms with E-state index in [9.17, 15) is 0 Å². The van der Waals surface area contributed by atoms with E-state index in [1.165, 1.54) is 11.3 Å². The summed E-state index contributed by atoms with van der Waals surface area (Å²) < 4.78 is 11.0. The molecule has 3 rings (SSSR count). The number of rotatable bonds is 2. The van der Waals surface area contributed by atoms with Crippen molar-refractivity contribution >= 4 is 33.2 Å². The summed E-state index contributed by atoms with van der Waals surface area (Å²) in [6.07, 6.45) is 0.974. The minimum absolute atomic E-state index is 0.0778. The zero-order valence-electron chi connectivity index (χ0n) is 8.35. The third-order valence-electron chi connectivity index (χ3n) is 2.43. The van der Waals surface area contributed by atoms with Crippen LogP contribution in [0.25, 0.3) is 10.2 Å². The molecular formula is C10H9ClN2O2S. The normalized spacial score (nSPS) is 20.4. The van der Waals surface area contributed by atoms with Crippen molar-refractivity contribution in [3.05, 3.63) is 16.7 Å². The molecule has 1 atom stereocenters. The third-order valence-corrected chi connectivity index (χ3v) is 3.40. The first-order chi connectivity index (χ1) is 7.83. The van der Waals surface area contributed by atoms with Gasteiger partial charge in [0.15, 0.2) is 0 Å². The third kappa shape index (κ3) is 1.86. The lowest BCUT2D eigenvalue weighted by atomic mass is 10.3. The van der Waals surface area contributed by atoms with Crippen LogP contribution in [0, 0.1) is 0 Å². The average molecular weight is 257 g/mol. The number of hydrogen-bond donors (Lipinski definition) is 0. The van der Waals surface area contributed by atoms with Crippen LogP contribution in [0.5, 0.6) is 5.88 Å². The first-order valence-electron chi connectivity index (χ1n) is 4.98. The Morgan fingerprint density at radius 3 is 3.25 bits per heavy atom. The van der Waals surface area contributed by atoms with Crippen molar-refractivity contribution in [1.29, 1.82) is 0 Å². The molecule has 1 saturated heterocycles. The molecule has 0 aromatic carbocycles. The van der Waals surface area contributed by atoms with Gasteiger partial charge in [0, 0.05) is 6.42 Å². The van der Waals surface area contributed by atoms with Crippen LogP contribution < -0.4 is 4.74 Å². The quantitative estimate of drug-likeness (QED) is 0.775. The molecule has 16 heavy (non-hydrogen) atoms. The van der Waals surface area contributed by atoms with Crippen molar-refractivity contribution in [3.63, 3.8) is 0 Å².